The van der Waals surface area contributed by atoms with Gasteiger partial charge < -0.3 is 10.1 Å². The Morgan fingerprint density at radius 3 is 2.62 bits per heavy atom. The van der Waals surface area contributed by atoms with Crippen molar-refractivity contribution in [2.75, 3.05) is 13.1 Å². The molecule has 2 rings (SSSR count). The average Bonchev–Trinajstić information content (AvgIpc) is 2.50. The van der Waals surface area contributed by atoms with Gasteiger partial charge in [0.25, 0.3) is 0 Å². The molecule has 0 fully saturated rings. The second-order valence-electron chi connectivity index (χ2n) is 4.74. The molecule has 2 aromatic rings. The summed E-state index contributed by atoms with van der Waals surface area (Å²) in [6.07, 6.45) is 0.973. The summed E-state index contributed by atoms with van der Waals surface area (Å²) in [5, 5.41) is 3.32. The molecule has 0 aliphatic carbocycles. The minimum absolute atomic E-state index is 0.284. The van der Waals surface area contributed by atoms with Crippen LogP contribution in [0.4, 0.5) is 4.39 Å². The van der Waals surface area contributed by atoms with Crippen LogP contribution in [0.2, 0.25) is 0 Å². The summed E-state index contributed by atoms with van der Waals surface area (Å²) in [5.74, 6) is 0.373. The van der Waals surface area contributed by atoms with Gasteiger partial charge in [-0.15, -0.1) is 0 Å². The lowest BCUT2D eigenvalue weighted by Gasteiger charge is -2.11. The maximum absolute atomic E-state index is 13.2. The second-order valence-corrected chi connectivity index (χ2v) is 5.59. The zero-order valence-corrected chi connectivity index (χ0v) is 13.6. The monoisotopic (exact) mass is 351 g/mol. The molecular formula is C17H19BrFNO. The molecule has 0 radical (unpaired) electrons. The minimum Gasteiger partial charge on any atom is -0.489 e. The van der Waals surface area contributed by atoms with Crippen molar-refractivity contribution in [2.45, 2.75) is 20.0 Å². The minimum atomic E-state index is -0.284. The van der Waals surface area contributed by atoms with Crippen LogP contribution in [0.5, 0.6) is 5.75 Å². The van der Waals surface area contributed by atoms with Crippen LogP contribution in [0.15, 0.2) is 46.9 Å². The van der Waals surface area contributed by atoms with E-state index < -0.39 is 0 Å². The van der Waals surface area contributed by atoms with E-state index in [4.69, 9.17) is 4.74 Å². The van der Waals surface area contributed by atoms with Crippen LogP contribution in [0.3, 0.4) is 0 Å². The van der Waals surface area contributed by atoms with Gasteiger partial charge >= 0.3 is 0 Å². The van der Waals surface area contributed by atoms with Gasteiger partial charge in [-0.25, -0.2) is 4.39 Å². The molecule has 0 amide bonds. The third kappa shape index (κ3) is 4.83. The van der Waals surface area contributed by atoms with E-state index in [-0.39, 0.29) is 5.82 Å². The Hall–Kier alpha value is -1.39. The first-order valence-electron chi connectivity index (χ1n) is 7.06. The Labute approximate surface area is 133 Å². The number of ether oxygens (including phenoxy) is 1. The van der Waals surface area contributed by atoms with Gasteiger partial charge in [0.15, 0.2) is 0 Å². The summed E-state index contributed by atoms with van der Waals surface area (Å²) in [4.78, 5) is 0. The normalized spacial score (nSPS) is 10.6. The lowest BCUT2D eigenvalue weighted by Crippen LogP contribution is -2.17. The van der Waals surface area contributed by atoms with Gasteiger partial charge in [-0.1, -0.05) is 31.2 Å². The Morgan fingerprint density at radius 1 is 1.14 bits per heavy atom. The molecule has 0 aliphatic rings. The van der Waals surface area contributed by atoms with Crippen LogP contribution in [-0.4, -0.2) is 13.1 Å². The number of halogens is 2. The molecule has 0 unspecified atom stereocenters. The van der Waals surface area contributed by atoms with Crippen LogP contribution in [-0.2, 0) is 13.0 Å². The highest BCUT2D eigenvalue weighted by atomic mass is 79.9. The van der Waals surface area contributed by atoms with Crippen LogP contribution in [0.25, 0.3) is 0 Å². The van der Waals surface area contributed by atoms with Crippen molar-refractivity contribution in [2.24, 2.45) is 0 Å². The molecule has 0 bridgehead atoms. The van der Waals surface area contributed by atoms with Crippen molar-refractivity contribution >= 4 is 15.9 Å². The number of hydrogen-bond donors (Lipinski definition) is 1. The molecule has 0 saturated heterocycles. The van der Waals surface area contributed by atoms with E-state index in [2.05, 4.69) is 40.3 Å². The average molecular weight is 352 g/mol. The number of rotatable bonds is 7. The summed E-state index contributed by atoms with van der Waals surface area (Å²) < 4.78 is 19.4. The lowest BCUT2D eigenvalue weighted by atomic mass is 10.1. The number of hydrogen-bond acceptors (Lipinski definition) is 2. The fraction of sp³-hybridized carbons (Fsp3) is 0.294. The zero-order chi connectivity index (χ0) is 15.1. The summed E-state index contributed by atoms with van der Waals surface area (Å²) in [6.45, 7) is 4.51. The second kappa shape index (κ2) is 8.15. The van der Waals surface area contributed by atoms with Crippen molar-refractivity contribution < 1.29 is 9.13 Å². The smallest absolute Gasteiger partial charge is 0.137 e. The van der Waals surface area contributed by atoms with Gasteiger partial charge in [-0.05, 0) is 64.8 Å². The van der Waals surface area contributed by atoms with Gasteiger partial charge in [0, 0.05) is 0 Å². The zero-order valence-electron chi connectivity index (χ0n) is 12.0. The van der Waals surface area contributed by atoms with E-state index in [1.807, 2.05) is 12.1 Å². The van der Waals surface area contributed by atoms with E-state index in [1.165, 1.54) is 11.6 Å². The van der Waals surface area contributed by atoms with E-state index in [0.717, 1.165) is 25.1 Å². The van der Waals surface area contributed by atoms with E-state index in [0.29, 0.717) is 16.8 Å². The van der Waals surface area contributed by atoms with Crippen LogP contribution in [0, 0.1) is 5.82 Å². The van der Waals surface area contributed by atoms with Gasteiger partial charge in [0.2, 0.25) is 0 Å². The topological polar surface area (TPSA) is 21.3 Å². The van der Waals surface area contributed by atoms with Crippen LogP contribution >= 0.6 is 15.9 Å². The molecule has 112 valence electrons. The molecular weight excluding hydrogens is 333 g/mol. The largest absolute Gasteiger partial charge is 0.489 e. The Balaban J connectivity index is 2.00. The number of nitrogens with one attached hydrogen (secondary N) is 1. The lowest BCUT2D eigenvalue weighted by molar-refractivity contribution is 0.304. The summed E-state index contributed by atoms with van der Waals surface area (Å²) in [6, 6.07) is 12.9. The molecule has 0 saturated carbocycles. The highest BCUT2D eigenvalue weighted by Crippen LogP contribution is 2.23. The summed E-state index contributed by atoms with van der Waals surface area (Å²) in [7, 11) is 0. The van der Waals surface area contributed by atoms with Gasteiger partial charge in [0.05, 0.1) is 4.47 Å². The van der Waals surface area contributed by atoms with Gasteiger partial charge in [0.1, 0.15) is 18.2 Å². The first-order valence-corrected chi connectivity index (χ1v) is 7.85. The SMILES string of the molecule is CCNCCc1ccccc1COc1ccc(F)c(Br)c1. The van der Waals surface area contributed by atoms with E-state index in [9.17, 15) is 4.39 Å². The van der Waals surface area contributed by atoms with Crippen LogP contribution in [0.1, 0.15) is 18.1 Å². The third-order valence-corrected chi connectivity index (χ3v) is 3.83. The molecule has 0 heterocycles. The fourth-order valence-corrected chi connectivity index (χ4v) is 2.43. The standard InChI is InChI=1S/C17H19BrFNO/c1-2-20-10-9-13-5-3-4-6-14(13)12-21-15-7-8-17(19)16(18)11-15/h3-8,11,20H,2,9-10,12H2,1H3. The molecule has 0 spiro atoms. The molecule has 0 aliphatic heterocycles. The first-order chi connectivity index (χ1) is 10.2. The van der Waals surface area contributed by atoms with E-state index in [1.54, 1.807) is 12.1 Å². The third-order valence-electron chi connectivity index (χ3n) is 3.22. The Bertz CT molecular complexity index is 589. The highest BCUT2D eigenvalue weighted by molar-refractivity contribution is 9.10. The summed E-state index contributed by atoms with van der Waals surface area (Å²) >= 11 is 3.17. The molecule has 0 aromatic heterocycles. The van der Waals surface area contributed by atoms with Gasteiger partial charge in [-0.2, -0.15) is 0 Å². The number of likely N-dealkylation sites (N-methyl/N-ethyl adjacent to an activating group) is 1. The van der Waals surface area contributed by atoms with Crippen molar-refractivity contribution in [1.82, 2.24) is 5.32 Å². The van der Waals surface area contributed by atoms with Crippen molar-refractivity contribution in [3.8, 4) is 5.75 Å². The predicted octanol–water partition coefficient (Wildman–Crippen LogP) is 4.32. The van der Waals surface area contributed by atoms with Crippen molar-refractivity contribution in [1.29, 1.82) is 0 Å². The van der Waals surface area contributed by atoms with Crippen molar-refractivity contribution in [3.05, 3.63) is 63.9 Å². The quantitative estimate of drug-likeness (QED) is 0.750. The Morgan fingerprint density at radius 2 is 1.90 bits per heavy atom. The molecule has 0 atom stereocenters. The van der Waals surface area contributed by atoms with Gasteiger partial charge in [-0.3, -0.25) is 0 Å². The maximum Gasteiger partial charge on any atom is 0.137 e. The first kappa shape index (κ1) is 16.0. The van der Waals surface area contributed by atoms with E-state index >= 15 is 0 Å². The van der Waals surface area contributed by atoms with Crippen molar-refractivity contribution in [3.63, 3.8) is 0 Å². The molecule has 2 aromatic carbocycles. The summed E-state index contributed by atoms with van der Waals surface area (Å²) in [5.41, 5.74) is 2.44. The molecule has 21 heavy (non-hydrogen) atoms. The highest BCUT2D eigenvalue weighted by Gasteiger charge is 2.05. The predicted molar refractivity (Wildman–Crippen MR) is 87.1 cm³/mol. The fourth-order valence-electron chi connectivity index (χ4n) is 2.07. The Kier molecular flexibility index (Phi) is 6.21. The van der Waals surface area contributed by atoms with Crippen LogP contribution < -0.4 is 10.1 Å². The maximum atomic E-state index is 13.2. The molecule has 4 heteroatoms. The molecule has 2 nitrogen and oxygen atoms in total. The number of benzene rings is 2. The molecule has 1 N–H and O–H groups in total.